The molecule has 0 aliphatic heterocycles. The summed E-state index contributed by atoms with van der Waals surface area (Å²) in [7, 11) is 0. The van der Waals surface area contributed by atoms with Gasteiger partial charge in [0, 0.05) is 8.95 Å². The van der Waals surface area contributed by atoms with Crippen LogP contribution in [0.25, 0.3) is 0 Å². The lowest BCUT2D eigenvalue weighted by Crippen LogP contribution is -2.14. The van der Waals surface area contributed by atoms with Crippen LogP contribution in [0.5, 0.6) is 0 Å². The second kappa shape index (κ2) is 5.63. The van der Waals surface area contributed by atoms with Crippen molar-refractivity contribution < 1.29 is 9.18 Å². The third kappa shape index (κ3) is 2.79. The Morgan fingerprint density at radius 2 is 1.67 bits per heavy atom. The first-order valence-electron chi connectivity index (χ1n) is 5.09. The first-order chi connectivity index (χ1) is 8.59. The van der Waals surface area contributed by atoms with Gasteiger partial charge in [0.25, 0.3) is 5.91 Å². The van der Waals surface area contributed by atoms with Crippen molar-refractivity contribution >= 4 is 43.5 Å². The van der Waals surface area contributed by atoms with Crippen molar-refractivity contribution in [3.8, 4) is 0 Å². The van der Waals surface area contributed by atoms with Crippen LogP contribution in [0.1, 0.15) is 10.4 Å². The summed E-state index contributed by atoms with van der Waals surface area (Å²) in [6.07, 6.45) is 0. The number of amides is 1. The van der Waals surface area contributed by atoms with Crippen LogP contribution >= 0.6 is 31.9 Å². The molecule has 2 rings (SSSR count). The normalized spacial score (nSPS) is 10.2. The van der Waals surface area contributed by atoms with E-state index in [0.717, 1.165) is 0 Å². The molecule has 1 amide bonds. The molecule has 0 heterocycles. The Balaban J connectivity index is 2.30. The lowest BCUT2D eigenvalue weighted by molar-refractivity contribution is 0.102. The van der Waals surface area contributed by atoms with Crippen molar-refractivity contribution in [3.63, 3.8) is 0 Å². The van der Waals surface area contributed by atoms with Crippen LogP contribution in [0.2, 0.25) is 0 Å². The van der Waals surface area contributed by atoms with Gasteiger partial charge in [0.15, 0.2) is 0 Å². The zero-order chi connectivity index (χ0) is 13.1. The van der Waals surface area contributed by atoms with Gasteiger partial charge in [-0.15, -0.1) is 0 Å². The Bertz CT molecular complexity index is 581. The topological polar surface area (TPSA) is 29.1 Å². The minimum atomic E-state index is -0.482. The molecule has 0 aliphatic rings. The molecule has 2 nitrogen and oxygen atoms in total. The quantitative estimate of drug-likeness (QED) is 0.819. The molecule has 5 heteroatoms. The van der Waals surface area contributed by atoms with E-state index < -0.39 is 5.82 Å². The van der Waals surface area contributed by atoms with Gasteiger partial charge in [0.1, 0.15) is 5.82 Å². The third-order valence-electron chi connectivity index (χ3n) is 2.32. The Morgan fingerprint density at radius 1 is 1.00 bits per heavy atom. The van der Waals surface area contributed by atoms with Crippen molar-refractivity contribution in [2.75, 3.05) is 5.32 Å². The van der Waals surface area contributed by atoms with Crippen LogP contribution in [0.15, 0.2) is 51.4 Å². The monoisotopic (exact) mass is 371 g/mol. The molecule has 0 unspecified atom stereocenters. The van der Waals surface area contributed by atoms with Crippen LogP contribution in [0.4, 0.5) is 10.1 Å². The van der Waals surface area contributed by atoms with Crippen molar-refractivity contribution in [2.45, 2.75) is 0 Å². The molecule has 0 saturated carbocycles. The summed E-state index contributed by atoms with van der Waals surface area (Å²) in [6, 6.07) is 11.5. The Kier molecular flexibility index (Phi) is 4.14. The van der Waals surface area contributed by atoms with E-state index in [-0.39, 0.29) is 11.6 Å². The Labute approximate surface area is 120 Å². The van der Waals surface area contributed by atoms with Crippen molar-refractivity contribution in [1.29, 1.82) is 0 Å². The number of carbonyl (C=O) groups is 1. The highest BCUT2D eigenvalue weighted by molar-refractivity contribution is 9.11. The van der Waals surface area contributed by atoms with E-state index in [1.807, 2.05) is 0 Å². The van der Waals surface area contributed by atoms with Gasteiger partial charge in [-0.3, -0.25) is 4.79 Å². The van der Waals surface area contributed by atoms with Crippen LogP contribution in [-0.2, 0) is 0 Å². The van der Waals surface area contributed by atoms with Gasteiger partial charge < -0.3 is 5.32 Å². The molecule has 0 atom stereocenters. The molecule has 0 spiro atoms. The summed E-state index contributed by atoms with van der Waals surface area (Å²) < 4.78 is 14.7. The van der Waals surface area contributed by atoms with E-state index in [4.69, 9.17) is 0 Å². The van der Waals surface area contributed by atoms with Crippen molar-refractivity contribution in [3.05, 3.63) is 62.8 Å². The summed E-state index contributed by atoms with van der Waals surface area (Å²) >= 11 is 6.48. The summed E-state index contributed by atoms with van der Waals surface area (Å²) in [5.74, 6) is -0.849. The number of anilines is 1. The number of hydrogen-bond donors (Lipinski definition) is 1. The fourth-order valence-electron chi connectivity index (χ4n) is 1.44. The second-order valence-corrected chi connectivity index (χ2v) is 5.24. The van der Waals surface area contributed by atoms with E-state index in [2.05, 4.69) is 37.2 Å². The predicted octanol–water partition coefficient (Wildman–Crippen LogP) is 4.60. The number of hydrogen-bond acceptors (Lipinski definition) is 1. The highest BCUT2D eigenvalue weighted by Gasteiger charge is 2.13. The molecule has 18 heavy (non-hydrogen) atoms. The van der Waals surface area contributed by atoms with Crippen LogP contribution < -0.4 is 5.32 Å². The molecule has 0 saturated heterocycles. The van der Waals surface area contributed by atoms with E-state index in [1.54, 1.807) is 36.4 Å². The molecular weight excluding hydrogens is 365 g/mol. The van der Waals surface area contributed by atoms with Gasteiger partial charge in [0.05, 0.1) is 11.3 Å². The van der Waals surface area contributed by atoms with E-state index >= 15 is 0 Å². The minimum absolute atomic E-state index is 0.137. The molecule has 0 radical (unpaired) electrons. The summed E-state index contributed by atoms with van der Waals surface area (Å²) in [5, 5.41) is 2.54. The Morgan fingerprint density at radius 3 is 2.33 bits per heavy atom. The first kappa shape index (κ1) is 13.2. The minimum Gasteiger partial charge on any atom is -0.318 e. The van der Waals surface area contributed by atoms with Gasteiger partial charge >= 0.3 is 0 Å². The summed E-state index contributed by atoms with van der Waals surface area (Å²) in [6.45, 7) is 0. The lowest BCUT2D eigenvalue weighted by Gasteiger charge is -2.09. The Hall–Kier alpha value is -1.20. The fourth-order valence-corrected chi connectivity index (χ4v) is 2.35. The molecule has 0 aromatic heterocycles. The molecule has 92 valence electrons. The standard InChI is InChI=1S/C13H8Br2FNO/c14-9-5-2-1-4-8(9)13(18)17-12-10(15)6-3-7-11(12)16/h1-7H,(H,17,18). The molecule has 1 N–H and O–H groups in total. The number of rotatable bonds is 2. The maximum absolute atomic E-state index is 13.6. The van der Waals surface area contributed by atoms with Crippen LogP contribution in [0.3, 0.4) is 0 Å². The van der Waals surface area contributed by atoms with Crippen LogP contribution in [0, 0.1) is 5.82 Å². The van der Waals surface area contributed by atoms with Crippen LogP contribution in [-0.4, -0.2) is 5.91 Å². The van der Waals surface area contributed by atoms with Gasteiger partial charge in [-0.2, -0.15) is 0 Å². The third-order valence-corrected chi connectivity index (χ3v) is 3.67. The maximum atomic E-state index is 13.6. The largest absolute Gasteiger partial charge is 0.318 e. The van der Waals surface area contributed by atoms with Gasteiger partial charge in [0.2, 0.25) is 0 Å². The maximum Gasteiger partial charge on any atom is 0.256 e. The molecule has 2 aromatic rings. The van der Waals surface area contributed by atoms with Gasteiger partial charge in [-0.25, -0.2) is 4.39 Å². The molecule has 0 bridgehead atoms. The second-order valence-electron chi connectivity index (χ2n) is 3.53. The van der Waals surface area contributed by atoms with Crippen molar-refractivity contribution in [1.82, 2.24) is 0 Å². The molecule has 0 fully saturated rings. The highest BCUT2D eigenvalue weighted by atomic mass is 79.9. The number of nitrogens with one attached hydrogen (secondary N) is 1. The fraction of sp³-hybridized carbons (Fsp3) is 0. The lowest BCUT2D eigenvalue weighted by atomic mass is 10.2. The van der Waals surface area contributed by atoms with Gasteiger partial charge in [-0.05, 0) is 56.1 Å². The zero-order valence-corrected chi connectivity index (χ0v) is 12.3. The number of carbonyl (C=O) groups excluding carboxylic acids is 1. The zero-order valence-electron chi connectivity index (χ0n) is 9.08. The summed E-state index contributed by atoms with van der Waals surface area (Å²) in [5.41, 5.74) is 0.589. The van der Waals surface area contributed by atoms with E-state index in [0.29, 0.717) is 14.5 Å². The smallest absolute Gasteiger partial charge is 0.256 e. The highest BCUT2D eigenvalue weighted by Crippen LogP contribution is 2.26. The van der Waals surface area contributed by atoms with E-state index in [1.165, 1.54) is 6.07 Å². The number of benzene rings is 2. The number of halogens is 3. The van der Waals surface area contributed by atoms with E-state index in [9.17, 15) is 9.18 Å². The van der Waals surface area contributed by atoms with Gasteiger partial charge in [-0.1, -0.05) is 18.2 Å². The van der Waals surface area contributed by atoms with Crippen molar-refractivity contribution in [2.24, 2.45) is 0 Å². The molecular formula is C13H8Br2FNO. The average molecular weight is 373 g/mol. The summed E-state index contributed by atoms with van der Waals surface area (Å²) in [4.78, 5) is 12.0. The SMILES string of the molecule is O=C(Nc1c(F)cccc1Br)c1ccccc1Br. The number of para-hydroxylation sites is 1. The average Bonchev–Trinajstić information content (AvgIpc) is 2.34. The molecule has 0 aliphatic carbocycles. The predicted molar refractivity (Wildman–Crippen MR) is 76.2 cm³/mol. The first-order valence-corrected chi connectivity index (χ1v) is 6.68. The molecule has 2 aromatic carbocycles.